The molecular formula is C24H17N3. The Kier molecular flexibility index (Phi) is 3.99. The summed E-state index contributed by atoms with van der Waals surface area (Å²) in [6, 6.07) is 21.8. The van der Waals surface area contributed by atoms with E-state index in [4.69, 9.17) is 11.8 Å². The van der Waals surface area contributed by atoms with Gasteiger partial charge in [-0.25, -0.2) is 4.85 Å². The molecule has 3 heteroatoms. The quantitative estimate of drug-likeness (QED) is 0.390. The summed E-state index contributed by atoms with van der Waals surface area (Å²) in [6.07, 6.45) is 2.13. The zero-order valence-electron chi connectivity index (χ0n) is 15.2. The first-order chi connectivity index (χ1) is 13.1. The van der Waals surface area contributed by atoms with E-state index in [9.17, 15) is 0 Å². The molecule has 27 heavy (non-hydrogen) atoms. The fourth-order valence-corrected chi connectivity index (χ4v) is 3.46. The Bertz CT molecular complexity index is 1250. The summed E-state index contributed by atoms with van der Waals surface area (Å²) in [7, 11) is 0. The van der Waals surface area contributed by atoms with Crippen molar-refractivity contribution in [3.63, 3.8) is 0 Å². The normalized spacial score (nSPS) is 10.5. The van der Waals surface area contributed by atoms with Gasteiger partial charge in [0, 0.05) is 17.4 Å². The van der Waals surface area contributed by atoms with Crippen LogP contribution in [0, 0.1) is 31.8 Å². The molecule has 128 valence electrons. The first-order valence-electron chi connectivity index (χ1n) is 8.72. The minimum Gasteiger partial charge on any atom is -0.316 e. The molecule has 0 aliphatic heterocycles. The second kappa shape index (κ2) is 6.48. The second-order valence-electron chi connectivity index (χ2n) is 6.63. The maximum atomic E-state index is 9.05. The van der Waals surface area contributed by atoms with Crippen LogP contribution in [0.5, 0.6) is 0 Å². The molecule has 0 saturated carbocycles. The van der Waals surface area contributed by atoms with E-state index in [1.807, 2.05) is 42.5 Å². The van der Waals surface area contributed by atoms with Crippen molar-refractivity contribution in [1.82, 2.24) is 4.57 Å². The van der Waals surface area contributed by atoms with E-state index in [2.05, 4.69) is 53.7 Å². The lowest BCUT2D eigenvalue weighted by atomic mass is 9.97. The minimum atomic E-state index is 0.631. The fourth-order valence-electron chi connectivity index (χ4n) is 3.46. The smallest absolute Gasteiger partial charge is 0.188 e. The Labute approximate surface area is 158 Å². The number of aromatic nitrogens is 1. The van der Waals surface area contributed by atoms with Crippen LogP contribution in [0.2, 0.25) is 0 Å². The first-order valence-corrected chi connectivity index (χ1v) is 8.72. The third kappa shape index (κ3) is 2.76. The van der Waals surface area contributed by atoms with Crippen molar-refractivity contribution in [3.8, 4) is 22.9 Å². The predicted molar refractivity (Wildman–Crippen MR) is 109 cm³/mol. The van der Waals surface area contributed by atoms with Crippen molar-refractivity contribution in [3.05, 3.63) is 95.0 Å². The Morgan fingerprint density at radius 3 is 2.44 bits per heavy atom. The van der Waals surface area contributed by atoms with E-state index in [-0.39, 0.29) is 0 Å². The Balaban J connectivity index is 2.03. The topological polar surface area (TPSA) is 33.1 Å². The standard InChI is InChI=1S/C24H17N3/c1-16-5-4-6-21(17(16)2)23-15-27(20-10-7-18(14-25)8-11-20)24-12-9-19(26-3)13-22(23)24/h4-13,15H,1-2H3. The molecule has 0 spiro atoms. The summed E-state index contributed by atoms with van der Waals surface area (Å²) in [5.74, 6) is 0. The van der Waals surface area contributed by atoms with Crippen molar-refractivity contribution in [2.75, 3.05) is 0 Å². The molecule has 0 atom stereocenters. The van der Waals surface area contributed by atoms with Crippen LogP contribution in [-0.2, 0) is 0 Å². The van der Waals surface area contributed by atoms with Crippen molar-refractivity contribution < 1.29 is 0 Å². The van der Waals surface area contributed by atoms with E-state index < -0.39 is 0 Å². The van der Waals surface area contributed by atoms with Gasteiger partial charge in [-0.15, -0.1) is 0 Å². The second-order valence-corrected chi connectivity index (χ2v) is 6.63. The molecule has 0 N–H and O–H groups in total. The van der Waals surface area contributed by atoms with E-state index in [0.717, 1.165) is 22.2 Å². The molecular weight excluding hydrogens is 330 g/mol. The number of fused-ring (bicyclic) bond motifs is 1. The monoisotopic (exact) mass is 347 g/mol. The SMILES string of the molecule is [C-]#[N+]c1ccc2c(c1)c(-c1cccc(C)c1C)cn2-c1ccc(C#N)cc1. The zero-order valence-corrected chi connectivity index (χ0v) is 15.2. The highest BCUT2D eigenvalue weighted by Gasteiger charge is 2.14. The van der Waals surface area contributed by atoms with Crippen molar-refractivity contribution >= 4 is 16.6 Å². The minimum absolute atomic E-state index is 0.631. The van der Waals surface area contributed by atoms with Crippen LogP contribution < -0.4 is 0 Å². The maximum Gasteiger partial charge on any atom is 0.188 e. The summed E-state index contributed by atoms with van der Waals surface area (Å²) < 4.78 is 2.13. The summed E-state index contributed by atoms with van der Waals surface area (Å²) >= 11 is 0. The fraction of sp³-hybridized carbons (Fsp3) is 0.0833. The number of nitriles is 1. The molecule has 0 unspecified atom stereocenters. The van der Waals surface area contributed by atoms with Gasteiger partial charge in [-0.2, -0.15) is 5.26 Å². The molecule has 0 fully saturated rings. The highest BCUT2D eigenvalue weighted by Crippen LogP contribution is 2.37. The van der Waals surface area contributed by atoms with Gasteiger partial charge in [0.15, 0.2) is 5.69 Å². The molecule has 1 heterocycles. The number of rotatable bonds is 2. The van der Waals surface area contributed by atoms with Gasteiger partial charge in [-0.3, -0.25) is 0 Å². The molecule has 1 aromatic heterocycles. The van der Waals surface area contributed by atoms with Gasteiger partial charge >= 0.3 is 0 Å². The maximum absolute atomic E-state index is 9.05. The lowest BCUT2D eigenvalue weighted by molar-refractivity contribution is 1.13. The van der Waals surface area contributed by atoms with Gasteiger partial charge in [-0.1, -0.05) is 24.3 Å². The first kappa shape index (κ1) is 16.6. The molecule has 4 aromatic rings. The van der Waals surface area contributed by atoms with Crippen molar-refractivity contribution in [1.29, 1.82) is 5.26 Å². The molecule has 4 rings (SSSR count). The van der Waals surface area contributed by atoms with Crippen LogP contribution in [0.4, 0.5) is 5.69 Å². The number of benzene rings is 3. The number of hydrogen-bond donors (Lipinski definition) is 0. The van der Waals surface area contributed by atoms with Gasteiger partial charge in [0.25, 0.3) is 0 Å². The highest BCUT2D eigenvalue weighted by atomic mass is 15.0. The highest BCUT2D eigenvalue weighted by molar-refractivity contribution is 5.99. The third-order valence-electron chi connectivity index (χ3n) is 5.09. The Hall–Kier alpha value is -3.82. The van der Waals surface area contributed by atoms with Crippen LogP contribution in [0.25, 0.3) is 32.6 Å². The molecule has 3 nitrogen and oxygen atoms in total. The molecule has 0 saturated heterocycles. The number of hydrogen-bond acceptors (Lipinski definition) is 1. The summed E-state index contributed by atoms with van der Waals surface area (Å²) in [4.78, 5) is 3.60. The van der Waals surface area contributed by atoms with Gasteiger partial charge < -0.3 is 4.57 Å². The van der Waals surface area contributed by atoms with Crippen molar-refractivity contribution in [2.24, 2.45) is 0 Å². The van der Waals surface area contributed by atoms with Crippen LogP contribution in [0.15, 0.2) is 66.9 Å². The third-order valence-corrected chi connectivity index (χ3v) is 5.09. The molecule has 0 amide bonds. The lowest BCUT2D eigenvalue weighted by Gasteiger charge is -2.07. The zero-order chi connectivity index (χ0) is 19.0. The number of nitrogens with zero attached hydrogens (tertiary/aromatic N) is 3. The van der Waals surface area contributed by atoms with E-state index in [1.54, 1.807) is 0 Å². The Morgan fingerprint density at radius 1 is 0.963 bits per heavy atom. The molecule has 0 radical (unpaired) electrons. The van der Waals surface area contributed by atoms with E-state index in [1.165, 1.54) is 16.7 Å². The molecule has 0 aliphatic rings. The van der Waals surface area contributed by atoms with Crippen LogP contribution >= 0.6 is 0 Å². The number of aryl methyl sites for hydroxylation is 1. The summed E-state index contributed by atoms with van der Waals surface area (Å²) in [6.45, 7) is 11.6. The van der Waals surface area contributed by atoms with Gasteiger partial charge in [0.2, 0.25) is 0 Å². The van der Waals surface area contributed by atoms with E-state index >= 15 is 0 Å². The largest absolute Gasteiger partial charge is 0.316 e. The predicted octanol–water partition coefficient (Wildman–Crippen LogP) is 6.34. The van der Waals surface area contributed by atoms with Gasteiger partial charge in [-0.05, 0) is 72.3 Å². The average molecular weight is 347 g/mol. The summed E-state index contributed by atoms with van der Waals surface area (Å²) in [5, 5.41) is 10.1. The average Bonchev–Trinajstić information content (AvgIpc) is 3.08. The van der Waals surface area contributed by atoms with Gasteiger partial charge in [0.1, 0.15) is 0 Å². The van der Waals surface area contributed by atoms with Crippen molar-refractivity contribution in [2.45, 2.75) is 13.8 Å². The molecule has 0 aliphatic carbocycles. The lowest BCUT2D eigenvalue weighted by Crippen LogP contribution is -1.91. The van der Waals surface area contributed by atoms with Crippen LogP contribution in [0.1, 0.15) is 16.7 Å². The van der Waals surface area contributed by atoms with Crippen LogP contribution in [-0.4, -0.2) is 4.57 Å². The summed E-state index contributed by atoms with van der Waals surface area (Å²) in [5.41, 5.74) is 8.08. The molecule has 3 aromatic carbocycles. The van der Waals surface area contributed by atoms with Gasteiger partial charge in [0.05, 0.1) is 23.7 Å². The van der Waals surface area contributed by atoms with E-state index in [0.29, 0.717) is 11.3 Å². The molecule has 0 bridgehead atoms. The Morgan fingerprint density at radius 2 is 1.74 bits per heavy atom. The van der Waals surface area contributed by atoms with Crippen LogP contribution in [0.3, 0.4) is 0 Å².